The summed E-state index contributed by atoms with van der Waals surface area (Å²) in [7, 11) is 1.30. The molecule has 1 aromatic carbocycles. The van der Waals surface area contributed by atoms with Crippen molar-refractivity contribution in [3.63, 3.8) is 0 Å². The first kappa shape index (κ1) is 11.2. The van der Waals surface area contributed by atoms with E-state index in [4.69, 9.17) is 0 Å². The molecule has 0 N–H and O–H groups in total. The molecule has 0 spiro atoms. The van der Waals surface area contributed by atoms with Crippen molar-refractivity contribution in [1.82, 2.24) is 0 Å². The van der Waals surface area contributed by atoms with Crippen molar-refractivity contribution in [2.75, 3.05) is 12.4 Å². The van der Waals surface area contributed by atoms with Gasteiger partial charge in [-0.15, -0.1) is 0 Å². The van der Waals surface area contributed by atoms with Gasteiger partial charge in [0.15, 0.2) is 0 Å². The molecule has 1 atom stereocenters. The Kier molecular flexibility index (Phi) is 4.07. The van der Waals surface area contributed by atoms with E-state index < -0.39 is 12.1 Å². The van der Waals surface area contributed by atoms with Gasteiger partial charge >= 0.3 is 5.97 Å². The van der Waals surface area contributed by atoms with Crippen LogP contribution in [0.5, 0.6) is 0 Å². The lowest BCUT2D eigenvalue weighted by molar-refractivity contribution is 0.0600. The second kappa shape index (κ2) is 5.10. The quantitative estimate of drug-likeness (QED) is 0.617. The van der Waals surface area contributed by atoms with E-state index in [9.17, 15) is 9.18 Å². The molecule has 0 aliphatic heterocycles. The van der Waals surface area contributed by atoms with Gasteiger partial charge in [0.05, 0.1) is 12.7 Å². The van der Waals surface area contributed by atoms with Crippen molar-refractivity contribution in [3.05, 3.63) is 35.4 Å². The van der Waals surface area contributed by atoms with Crippen LogP contribution in [-0.4, -0.2) is 18.4 Å². The van der Waals surface area contributed by atoms with Gasteiger partial charge < -0.3 is 4.74 Å². The Morgan fingerprint density at radius 2 is 2.36 bits per heavy atom. The van der Waals surface area contributed by atoms with Crippen LogP contribution in [0, 0.1) is 0 Å². The van der Waals surface area contributed by atoms with E-state index in [2.05, 4.69) is 20.7 Å². The number of halogens is 2. The van der Waals surface area contributed by atoms with E-state index in [0.717, 1.165) is 0 Å². The Bertz CT molecular complexity index is 328. The summed E-state index contributed by atoms with van der Waals surface area (Å²) in [6.45, 7) is 0. The zero-order chi connectivity index (χ0) is 10.6. The number of rotatable bonds is 3. The number of alkyl halides is 2. The third-order valence-electron chi connectivity index (χ3n) is 1.80. The maximum atomic E-state index is 13.2. The van der Waals surface area contributed by atoms with Crippen LogP contribution in [0.1, 0.15) is 22.1 Å². The summed E-state index contributed by atoms with van der Waals surface area (Å²) in [6, 6.07) is 6.36. The second-order valence-corrected chi connectivity index (χ2v) is 3.39. The average molecular weight is 261 g/mol. The Balaban J connectivity index is 2.95. The largest absolute Gasteiger partial charge is 0.465 e. The molecule has 0 aliphatic rings. The first-order valence-corrected chi connectivity index (χ1v) is 5.19. The second-order valence-electron chi connectivity index (χ2n) is 2.74. The molecule has 2 nitrogen and oxygen atoms in total. The topological polar surface area (TPSA) is 26.3 Å². The van der Waals surface area contributed by atoms with Gasteiger partial charge in [-0.25, -0.2) is 9.18 Å². The van der Waals surface area contributed by atoms with Gasteiger partial charge in [-0.05, 0) is 17.7 Å². The average Bonchev–Trinajstić information content (AvgIpc) is 2.27. The lowest BCUT2D eigenvalue weighted by atomic mass is 10.1. The highest BCUT2D eigenvalue weighted by Gasteiger charge is 2.11. The lowest BCUT2D eigenvalue weighted by Crippen LogP contribution is -2.02. The molecule has 1 aromatic rings. The summed E-state index contributed by atoms with van der Waals surface area (Å²) in [5.74, 6) is -0.450. The smallest absolute Gasteiger partial charge is 0.337 e. The fourth-order valence-corrected chi connectivity index (χ4v) is 1.44. The molecular formula is C10H10BrFO2. The normalized spacial score (nSPS) is 12.2. The first-order valence-electron chi connectivity index (χ1n) is 4.07. The molecule has 76 valence electrons. The van der Waals surface area contributed by atoms with Crippen LogP contribution in [0.25, 0.3) is 0 Å². The predicted molar refractivity (Wildman–Crippen MR) is 55.4 cm³/mol. The Morgan fingerprint density at radius 1 is 1.64 bits per heavy atom. The number of hydrogen-bond acceptors (Lipinski definition) is 2. The van der Waals surface area contributed by atoms with Gasteiger partial charge in [0.1, 0.15) is 6.17 Å². The van der Waals surface area contributed by atoms with Crippen LogP contribution in [0.4, 0.5) is 4.39 Å². The van der Waals surface area contributed by atoms with Gasteiger partial charge in [-0.3, -0.25) is 0 Å². The van der Waals surface area contributed by atoms with Crippen LogP contribution in [-0.2, 0) is 4.74 Å². The van der Waals surface area contributed by atoms with Crippen molar-refractivity contribution in [2.24, 2.45) is 0 Å². The van der Waals surface area contributed by atoms with Gasteiger partial charge in [-0.1, -0.05) is 28.1 Å². The third kappa shape index (κ3) is 2.54. The van der Waals surface area contributed by atoms with Gasteiger partial charge in [-0.2, -0.15) is 0 Å². The number of hydrogen-bond donors (Lipinski definition) is 0. The molecule has 1 rings (SSSR count). The molecule has 0 aromatic heterocycles. The van der Waals surface area contributed by atoms with Gasteiger partial charge in [0.25, 0.3) is 0 Å². The monoisotopic (exact) mass is 260 g/mol. The minimum atomic E-state index is -1.10. The summed E-state index contributed by atoms with van der Waals surface area (Å²) in [5.41, 5.74) is 0.846. The molecule has 14 heavy (non-hydrogen) atoms. The van der Waals surface area contributed by atoms with Crippen molar-refractivity contribution in [1.29, 1.82) is 0 Å². The molecule has 0 saturated heterocycles. The first-order chi connectivity index (χ1) is 6.69. The van der Waals surface area contributed by atoms with Crippen molar-refractivity contribution >= 4 is 21.9 Å². The van der Waals surface area contributed by atoms with E-state index in [1.807, 2.05) is 0 Å². The van der Waals surface area contributed by atoms with Crippen molar-refractivity contribution < 1.29 is 13.9 Å². The summed E-state index contributed by atoms with van der Waals surface area (Å²) in [4.78, 5) is 11.1. The van der Waals surface area contributed by atoms with Gasteiger partial charge in [0, 0.05) is 5.33 Å². The van der Waals surface area contributed by atoms with E-state index in [1.165, 1.54) is 13.2 Å². The highest BCUT2D eigenvalue weighted by atomic mass is 79.9. The van der Waals surface area contributed by atoms with E-state index in [-0.39, 0.29) is 5.33 Å². The Labute approximate surface area is 90.2 Å². The van der Waals surface area contributed by atoms with E-state index in [1.54, 1.807) is 18.2 Å². The minimum Gasteiger partial charge on any atom is -0.465 e. The van der Waals surface area contributed by atoms with Crippen LogP contribution in [0.2, 0.25) is 0 Å². The molecule has 4 heteroatoms. The highest BCUT2D eigenvalue weighted by Crippen LogP contribution is 2.20. The molecular weight excluding hydrogens is 251 g/mol. The summed E-state index contributed by atoms with van der Waals surface area (Å²) < 4.78 is 17.7. The van der Waals surface area contributed by atoms with Crippen molar-refractivity contribution in [2.45, 2.75) is 6.17 Å². The standard InChI is InChI=1S/C10H10BrFO2/c1-14-10(13)8-4-2-3-7(5-8)9(12)6-11/h2-5,9H,6H2,1H3. The molecule has 0 saturated carbocycles. The molecule has 0 amide bonds. The molecule has 0 aliphatic carbocycles. The fraction of sp³-hybridized carbons (Fsp3) is 0.300. The number of benzene rings is 1. The highest BCUT2D eigenvalue weighted by molar-refractivity contribution is 9.09. The number of carbonyl (C=O) groups is 1. The molecule has 0 radical (unpaired) electrons. The van der Waals surface area contributed by atoms with Crippen LogP contribution in [0.15, 0.2) is 24.3 Å². The Morgan fingerprint density at radius 3 is 2.93 bits per heavy atom. The number of esters is 1. The summed E-state index contributed by atoms with van der Waals surface area (Å²) >= 11 is 3.04. The Hall–Kier alpha value is -0.900. The summed E-state index contributed by atoms with van der Waals surface area (Å²) in [6.07, 6.45) is -1.10. The summed E-state index contributed by atoms with van der Waals surface area (Å²) in [5, 5.41) is 0.220. The maximum absolute atomic E-state index is 13.2. The lowest BCUT2D eigenvalue weighted by Gasteiger charge is -2.06. The number of carbonyl (C=O) groups excluding carboxylic acids is 1. The fourth-order valence-electron chi connectivity index (χ4n) is 1.07. The van der Waals surface area contributed by atoms with Crippen LogP contribution < -0.4 is 0 Å². The zero-order valence-electron chi connectivity index (χ0n) is 7.67. The number of ether oxygens (including phenoxy) is 1. The number of methoxy groups -OCH3 is 1. The minimum absolute atomic E-state index is 0.220. The van der Waals surface area contributed by atoms with Crippen molar-refractivity contribution in [3.8, 4) is 0 Å². The predicted octanol–water partition coefficient (Wildman–Crippen LogP) is 2.88. The third-order valence-corrected chi connectivity index (χ3v) is 2.37. The maximum Gasteiger partial charge on any atom is 0.337 e. The van der Waals surface area contributed by atoms with Crippen LogP contribution >= 0.6 is 15.9 Å². The molecule has 0 heterocycles. The van der Waals surface area contributed by atoms with E-state index >= 15 is 0 Å². The van der Waals surface area contributed by atoms with E-state index in [0.29, 0.717) is 11.1 Å². The zero-order valence-corrected chi connectivity index (χ0v) is 9.25. The SMILES string of the molecule is COC(=O)c1cccc(C(F)CBr)c1. The van der Waals surface area contributed by atoms with Gasteiger partial charge in [0.2, 0.25) is 0 Å². The molecule has 0 fully saturated rings. The molecule has 0 bridgehead atoms. The van der Waals surface area contributed by atoms with Crippen LogP contribution in [0.3, 0.4) is 0 Å². The molecule has 1 unspecified atom stereocenters.